The van der Waals surface area contributed by atoms with Gasteiger partial charge in [-0.1, -0.05) is 0 Å². The van der Waals surface area contributed by atoms with Gasteiger partial charge in [0.25, 0.3) is 12.2 Å². The molecule has 1 aliphatic rings. The molecule has 17 heteroatoms. The number of benzene rings is 2. The van der Waals surface area contributed by atoms with Gasteiger partial charge >= 0.3 is 6.16 Å². The maximum atomic E-state index is 13.1. The van der Waals surface area contributed by atoms with Crippen LogP contribution < -0.4 is 28.2 Å². The van der Waals surface area contributed by atoms with Crippen molar-refractivity contribution >= 4 is 40.5 Å². The number of amidine groups is 1. The number of hydrogen-bond acceptors (Lipinski definition) is 13. The van der Waals surface area contributed by atoms with E-state index in [9.17, 15) is 19.2 Å². The van der Waals surface area contributed by atoms with Gasteiger partial charge in [-0.3, -0.25) is 19.4 Å². The summed E-state index contributed by atoms with van der Waals surface area (Å²) in [6.45, 7) is -0.830. The summed E-state index contributed by atoms with van der Waals surface area (Å²) in [6, 6.07) is 5.15. The van der Waals surface area contributed by atoms with Crippen LogP contribution in [0.1, 0.15) is 36.6 Å². The van der Waals surface area contributed by atoms with E-state index in [1.165, 1.54) is 31.4 Å². The van der Waals surface area contributed by atoms with Gasteiger partial charge in [0.05, 0.1) is 13.1 Å². The summed E-state index contributed by atoms with van der Waals surface area (Å²) < 4.78 is 9.52. The Morgan fingerprint density at radius 3 is 2.14 bits per heavy atom. The number of ether oxygens (including phenoxy) is 2. The van der Waals surface area contributed by atoms with Crippen LogP contribution in [0.15, 0.2) is 29.3 Å². The first-order chi connectivity index (χ1) is 17.6. The Balaban J connectivity index is 2.23. The molecule has 1 heterocycles. The second kappa shape index (κ2) is 12.0. The number of rotatable bonds is 4. The molecule has 0 aromatic heterocycles. The second-order valence-corrected chi connectivity index (χ2v) is 7.16. The van der Waals surface area contributed by atoms with Gasteiger partial charge in [0.2, 0.25) is 18.1 Å². The smallest absolute Gasteiger partial charge is 0.450 e. The first kappa shape index (κ1) is 27.2. The van der Waals surface area contributed by atoms with Crippen LogP contribution in [-0.2, 0) is 29.2 Å². The Kier molecular flexibility index (Phi) is 8.85. The highest BCUT2D eigenvalue weighted by Gasteiger charge is 2.25. The van der Waals surface area contributed by atoms with Crippen molar-refractivity contribution in [3.63, 3.8) is 0 Å². The summed E-state index contributed by atoms with van der Waals surface area (Å²) in [6.07, 6.45) is -4.61. The van der Waals surface area contributed by atoms with Crippen LogP contribution in [0.2, 0.25) is 0 Å². The van der Waals surface area contributed by atoms with Crippen LogP contribution in [0.25, 0.3) is 10.8 Å². The fourth-order valence-corrected chi connectivity index (χ4v) is 3.35. The Morgan fingerprint density at radius 2 is 1.57 bits per heavy atom. The van der Waals surface area contributed by atoms with Crippen molar-refractivity contribution in [2.24, 2.45) is 22.2 Å². The number of methoxy groups -OCH3 is 1. The molecular formula is C20H22N6O11. The zero-order valence-electron chi connectivity index (χ0n) is 19.1. The third-order valence-electron chi connectivity index (χ3n) is 4.93. The van der Waals surface area contributed by atoms with Gasteiger partial charge in [-0.25, -0.2) is 4.79 Å². The van der Waals surface area contributed by atoms with E-state index >= 15 is 0 Å². The van der Waals surface area contributed by atoms with Gasteiger partial charge in [0, 0.05) is 40.1 Å². The quantitative estimate of drug-likeness (QED) is 0.204. The fraction of sp³-hybridized carbons (Fsp3) is 0.250. The van der Waals surface area contributed by atoms with E-state index in [2.05, 4.69) is 29.9 Å². The van der Waals surface area contributed by atoms with E-state index in [4.69, 9.17) is 31.9 Å². The number of carboxylic acid groups (broad SMARTS) is 1. The maximum Gasteiger partial charge on any atom is 0.508 e. The average molecular weight is 522 g/mol. The van der Waals surface area contributed by atoms with Crippen molar-refractivity contribution in [2.45, 2.75) is 12.6 Å². The summed E-state index contributed by atoms with van der Waals surface area (Å²) in [5, 5.41) is 11.2. The van der Waals surface area contributed by atoms with Crippen molar-refractivity contribution < 1.29 is 53.5 Å². The van der Waals surface area contributed by atoms with Crippen LogP contribution in [-0.4, -0.2) is 67.6 Å². The van der Waals surface area contributed by atoms with Crippen LogP contribution >= 0.6 is 0 Å². The molecule has 2 bridgehead atoms. The molecule has 2 aromatic rings. The van der Waals surface area contributed by atoms with Crippen LogP contribution in [0, 0.1) is 0 Å². The molecule has 3 amide bonds. The van der Waals surface area contributed by atoms with Gasteiger partial charge < -0.3 is 37.1 Å². The Morgan fingerprint density at radius 1 is 1.00 bits per heavy atom. The molecule has 3 rings (SSSR count). The highest BCUT2D eigenvalue weighted by atomic mass is 17.4. The summed E-state index contributed by atoms with van der Waals surface area (Å²) in [5.74, 6) is -2.79. The SMILES string of the molecule is COC1CN=C(N)c2ccc(c3c(C(N)=O)ccc(C(N)=O)c23)C(=O)NCC(OC(=O)O)OONOO1. The van der Waals surface area contributed by atoms with E-state index < -0.39 is 43.0 Å². The highest BCUT2D eigenvalue weighted by Crippen LogP contribution is 2.30. The van der Waals surface area contributed by atoms with Crippen molar-refractivity contribution in [3.05, 3.63) is 46.5 Å². The minimum absolute atomic E-state index is 0.0211. The zero-order valence-corrected chi connectivity index (χ0v) is 19.1. The van der Waals surface area contributed by atoms with Crippen molar-refractivity contribution in [3.8, 4) is 0 Å². The van der Waals surface area contributed by atoms with E-state index in [1.54, 1.807) is 5.64 Å². The fourth-order valence-electron chi connectivity index (χ4n) is 3.35. The zero-order chi connectivity index (χ0) is 27.1. The monoisotopic (exact) mass is 522 g/mol. The number of hydrogen-bond donors (Lipinski definition) is 6. The normalized spacial score (nSPS) is 19.5. The van der Waals surface area contributed by atoms with Crippen molar-refractivity contribution in [2.75, 3.05) is 20.2 Å². The number of nitrogens with one attached hydrogen (secondary N) is 2. The number of primary amides is 2. The number of amides is 3. The lowest BCUT2D eigenvalue weighted by Gasteiger charge is -2.18. The molecule has 0 radical (unpaired) electrons. The van der Waals surface area contributed by atoms with Crippen molar-refractivity contribution in [1.82, 2.24) is 11.0 Å². The van der Waals surface area contributed by atoms with Gasteiger partial charge in [-0.15, -0.1) is 9.98 Å². The minimum Gasteiger partial charge on any atom is -0.450 e. The molecular weight excluding hydrogens is 500 g/mol. The number of nitrogens with two attached hydrogens (primary N) is 3. The standard InChI is InChI=1S/C20H22N6O11/c1-32-12-6-24-16(21)8-2-5-11(15-10(18(23)28)4-3-9(14(8)15)17(22)27)19(29)25-7-13(33-20(30)31)35-37-26-36-34-12/h2-5,12-13,26H,6-7H2,1H3,(H2,21,24)(H2,22,27)(H2,23,28)(H,25,29)(H,30,31). The van der Waals surface area contributed by atoms with Gasteiger partial charge in [-0.2, -0.15) is 9.78 Å². The molecule has 17 nitrogen and oxygen atoms in total. The van der Waals surface area contributed by atoms with E-state index in [1.807, 2.05) is 0 Å². The first-order valence-electron chi connectivity index (χ1n) is 10.2. The molecule has 37 heavy (non-hydrogen) atoms. The van der Waals surface area contributed by atoms with Gasteiger partial charge in [-0.05, 0) is 29.9 Å². The second-order valence-electron chi connectivity index (χ2n) is 7.16. The number of carbonyl (C=O) groups excluding carboxylic acids is 3. The lowest BCUT2D eigenvalue weighted by atomic mass is 9.90. The van der Waals surface area contributed by atoms with E-state index in [-0.39, 0.29) is 45.4 Å². The Labute approximate surface area is 207 Å². The highest BCUT2D eigenvalue weighted by molar-refractivity contribution is 6.24. The molecule has 9 N–H and O–H groups in total. The summed E-state index contributed by atoms with van der Waals surface area (Å²) in [7, 11) is 1.27. The number of nitrogens with zero attached hydrogens (tertiary/aromatic N) is 1. The molecule has 2 aromatic carbocycles. The lowest BCUT2D eigenvalue weighted by Crippen LogP contribution is -2.38. The molecule has 198 valence electrons. The molecule has 0 spiro atoms. The third kappa shape index (κ3) is 6.44. The predicted molar refractivity (Wildman–Crippen MR) is 120 cm³/mol. The first-order valence-corrected chi connectivity index (χ1v) is 10.2. The van der Waals surface area contributed by atoms with E-state index in [0.717, 1.165) is 0 Å². The molecule has 0 saturated carbocycles. The van der Waals surface area contributed by atoms with Crippen molar-refractivity contribution in [1.29, 1.82) is 0 Å². The molecule has 0 fully saturated rings. The molecule has 2 unspecified atom stereocenters. The van der Waals surface area contributed by atoms with Crippen LogP contribution in [0.4, 0.5) is 4.79 Å². The van der Waals surface area contributed by atoms with Gasteiger partial charge in [0.15, 0.2) is 0 Å². The maximum absolute atomic E-state index is 13.1. The predicted octanol–water partition coefficient (Wildman–Crippen LogP) is -1.20. The van der Waals surface area contributed by atoms with Crippen LogP contribution in [0.5, 0.6) is 0 Å². The number of carbonyl (C=O) groups is 4. The minimum atomic E-state index is -1.75. The molecule has 0 saturated heterocycles. The Bertz CT molecular complexity index is 1250. The molecule has 1 aliphatic heterocycles. The summed E-state index contributed by atoms with van der Waals surface area (Å²) >= 11 is 0. The van der Waals surface area contributed by atoms with Crippen LogP contribution in [0.3, 0.4) is 0 Å². The number of fused-ring (bicyclic) bond motifs is 6. The average Bonchev–Trinajstić information content (AvgIpc) is 2.86. The largest absolute Gasteiger partial charge is 0.508 e. The van der Waals surface area contributed by atoms with Gasteiger partial charge in [0.1, 0.15) is 5.84 Å². The number of aliphatic imine (C=N–C) groups is 1. The topological polar surface area (TPSA) is 258 Å². The summed E-state index contributed by atoms with van der Waals surface area (Å²) in [4.78, 5) is 71.3. The van der Waals surface area contributed by atoms with E-state index in [0.29, 0.717) is 0 Å². The Hall–Kier alpha value is -4.39. The molecule has 2 atom stereocenters. The molecule has 0 aliphatic carbocycles. The third-order valence-corrected chi connectivity index (χ3v) is 4.93. The summed E-state index contributed by atoms with van der Waals surface area (Å²) in [5.41, 5.74) is 18.8. The lowest BCUT2D eigenvalue weighted by molar-refractivity contribution is -0.525.